The highest BCUT2D eigenvalue weighted by atomic mass is 16.1. The average molecular weight is 280 g/mol. The second-order valence-electron chi connectivity index (χ2n) is 4.93. The summed E-state index contributed by atoms with van der Waals surface area (Å²) in [4.78, 5) is 20.8. The zero-order valence-corrected chi connectivity index (χ0v) is 12.0. The van der Waals surface area contributed by atoms with Crippen molar-refractivity contribution in [3.8, 4) is 0 Å². The Balaban J connectivity index is 1.78. The molecule has 1 N–H and O–H groups in total. The van der Waals surface area contributed by atoms with Gasteiger partial charge in [-0.3, -0.25) is 9.78 Å². The average Bonchev–Trinajstić information content (AvgIpc) is 2.80. The van der Waals surface area contributed by atoms with Crippen LogP contribution in [0.25, 0.3) is 11.0 Å². The lowest BCUT2D eigenvalue weighted by atomic mass is 10.2. The number of fused-ring (bicyclic) bond motifs is 1. The number of nitrogens with zero attached hydrogens (tertiary/aromatic N) is 3. The van der Waals surface area contributed by atoms with Crippen LogP contribution in [0.2, 0.25) is 0 Å². The van der Waals surface area contributed by atoms with E-state index in [9.17, 15) is 4.79 Å². The van der Waals surface area contributed by atoms with Crippen molar-refractivity contribution in [2.45, 2.75) is 13.5 Å². The predicted molar refractivity (Wildman–Crippen MR) is 80.9 cm³/mol. The van der Waals surface area contributed by atoms with E-state index in [4.69, 9.17) is 0 Å². The summed E-state index contributed by atoms with van der Waals surface area (Å²) in [6, 6.07) is 11.2. The molecule has 1 amide bonds. The van der Waals surface area contributed by atoms with Gasteiger partial charge in [0.1, 0.15) is 5.82 Å². The van der Waals surface area contributed by atoms with Gasteiger partial charge in [-0.05, 0) is 37.3 Å². The minimum atomic E-state index is -0.120. The first-order valence-electron chi connectivity index (χ1n) is 6.76. The summed E-state index contributed by atoms with van der Waals surface area (Å²) in [5.41, 5.74) is 3.30. The molecule has 3 rings (SSSR count). The molecule has 2 heterocycles. The fraction of sp³-hybridized carbons (Fsp3) is 0.188. The molecule has 0 atom stereocenters. The minimum absolute atomic E-state index is 0.120. The molecular weight excluding hydrogens is 264 g/mol. The Morgan fingerprint density at radius 3 is 2.90 bits per heavy atom. The van der Waals surface area contributed by atoms with Gasteiger partial charge in [0.2, 0.25) is 0 Å². The van der Waals surface area contributed by atoms with Gasteiger partial charge in [0.25, 0.3) is 5.91 Å². The maximum Gasteiger partial charge on any atom is 0.251 e. The van der Waals surface area contributed by atoms with Gasteiger partial charge < -0.3 is 9.88 Å². The normalized spacial score (nSPS) is 10.8. The van der Waals surface area contributed by atoms with Crippen LogP contribution >= 0.6 is 0 Å². The van der Waals surface area contributed by atoms with Crippen molar-refractivity contribution in [1.29, 1.82) is 0 Å². The van der Waals surface area contributed by atoms with E-state index in [1.54, 1.807) is 6.20 Å². The summed E-state index contributed by atoms with van der Waals surface area (Å²) in [5, 5.41) is 2.87. The Morgan fingerprint density at radius 2 is 2.14 bits per heavy atom. The molecule has 0 radical (unpaired) electrons. The van der Waals surface area contributed by atoms with Gasteiger partial charge in [0.15, 0.2) is 0 Å². The zero-order valence-electron chi connectivity index (χ0n) is 12.0. The number of benzene rings is 1. The standard InChI is InChI=1S/C16H16N4O/c1-11-19-14-9-12(6-7-15(14)20(11)2)16(21)18-10-13-5-3-4-8-17-13/h3-9H,10H2,1-2H3,(H,18,21). The van der Waals surface area contributed by atoms with Crippen molar-refractivity contribution in [3.05, 3.63) is 59.7 Å². The van der Waals surface area contributed by atoms with E-state index < -0.39 is 0 Å². The lowest BCUT2D eigenvalue weighted by Gasteiger charge is -2.05. The molecule has 0 fully saturated rings. The highest BCUT2D eigenvalue weighted by molar-refractivity contribution is 5.97. The lowest BCUT2D eigenvalue weighted by molar-refractivity contribution is 0.0950. The van der Waals surface area contributed by atoms with E-state index >= 15 is 0 Å². The van der Waals surface area contributed by atoms with Crippen molar-refractivity contribution in [2.75, 3.05) is 0 Å². The fourth-order valence-electron chi connectivity index (χ4n) is 2.24. The van der Waals surface area contributed by atoms with E-state index in [2.05, 4.69) is 15.3 Å². The van der Waals surface area contributed by atoms with Crippen LogP contribution in [-0.2, 0) is 13.6 Å². The van der Waals surface area contributed by atoms with Crippen LogP contribution < -0.4 is 5.32 Å². The predicted octanol–water partition coefficient (Wildman–Crippen LogP) is 2.21. The largest absolute Gasteiger partial charge is 0.346 e. The van der Waals surface area contributed by atoms with Crippen molar-refractivity contribution in [1.82, 2.24) is 19.9 Å². The molecule has 1 aromatic carbocycles. The smallest absolute Gasteiger partial charge is 0.251 e. The molecule has 0 spiro atoms. The van der Waals surface area contributed by atoms with Crippen molar-refractivity contribution >= 4 is 16.9 Å². The number of nitrogens with one attached hydrogen (secondary N) is 1. The van der Waals surface area contributed by atoms with E-state index in [1.165, 1.54) is 0 Å². The third-order valence-electron chi connectivity index (χ3n) is 3.52. The monoisotopic (exact) mass is 280 g/mol. The van der Waals surface area contributed by atoms with Gasteiger partial charge in [-0.15, -0.1) is 0 Å². The SMILES string of the molecule is Cc1nc2cc(C(=O)NCc3ccccn3)ccc2n1C. The Hall–Kier alpha value is -2.69. The first-order chi connectivity index (χ1) is 10.1. The summed E-state index contributed by atoms with van der Waals surface area (Å²) in [6.07, 6.45) is 1.71. The maximum absolute atomic E-state index is 12.2. The summed E-state index contributed by atoms with van der Waals surface area (Å²) in [5.74, 6) is 0.807. The lowest BCUT2D eigenvalue weighted by Crippen LogP contribution is -2.23. The third kappa shape index (κ3) is 2.63. The summed E-state index contributed by atoms with van der Waals surface area (Å²) < 4.78 is 2.00. The van der Waals surface area contributed by atoms with Crippen LogP contribution in [0.3, 0.4) is 0 Å². The number of imidazole rings is 1. The molecule has 3 aromatic rings. The maximum atomic E-state index is 12.2. The van der Waals surface area contributed by atoms with Crippen LogP contribution in [0.1, 0.15) is 21.9 Å². The van der Waals surface area contributed by atoms with E-state index in [0.717, 1.165) is 22.6 Å². The molecule has 2 aromatic heterocycles. The van der Waals surface area contributed by atoms with E-state index in [-0.39, 0.29) is 5.91 Å². The number of aromatic nitrogens is 3. The van der Waals surface area contributed by atoms with Gasteiger partial charge in [0.05, 0.1) is 23.3 Å². The highest BCUT2D eigenvalue weighted by Crippen LogP contribution is 2.16. The summed E-state index contributed by atoms with van der Waals surface area (Å²) in [6.45, 7) is 2.36. The molecule has 5 heteroatoms. The van der Waals surface area contributed by atoms with Crippen molar-refractivity contribution in [2.24, 2.45) is 7.05 Å². The van der Waals surface area contributed by atoms with Crippen LogP contribution in [0.4, 0.5) is 0 Å². The quantitative estimate of drug-likeness (QED) is 0.800. The number of aryl methyl sites for hydroxylation is 2. The van der Waals surface area contributed by atoms with Gasteiger partial charge in [0, 0.05) is 18.8 Å². The number of carbonyl (C=O) groups excluding carboxylic acids is 1. The van der Waals surface area contributed by atoms with Crippen LogP contribution in [0.15, 0.2) is 42.6 Å². The molecule has 106 valence electrons. The molecule has 21 heavy (non-hydrogen) atoms. The topological polar surface area (TPSA) is 59.8 Å². The number of carbonyl (C=O) groups is 1. The van der Waals surface area contributed by atoms with Crippen LogP contribution in [0.5, 0.6) is 0 Å². The van der Waals surface area contributed by atoms with Gasteiger partial charge in [-0.1, -0.05) is 6.07 Å². The number of hydrogen-bond acceptors (Lipinski definition) is 3. The van der Waals surface area contributed by atoms with Gasteiger partial charge >= 0.3 is 0 Å². The van der Waals surface area contributed by atoms with E-state index in [1.807, 2.05) is 54.9 Å². The second kappa shape index (κ2) is 5.36. The molecule has 0 unspecified atom stereocenters. The fourth-order valence-corrected chi connectivity index (χ4v) is 2.24. The number of amides is 1. The second-order valence-corrected chi connectivity index (χ2v) is 4.93. The minimum Gasteiger partial charge on any atom is -0.346 e. The first kappa shape index (κ1) is 13.3. The van der Waals surface area contributed by atoms with Crippen LogP contribution in [0, 0.1) is 6.92 Å². The number of hydrogen-bond donors (Lipinski definition) is 1. The van der Waals surface area contributed by atoms with Crippen molar-refractivity contribution < 1.29 is 4.79 Å². The zero-order chi connectivity index (χ0) is 14.8. The Kier molecular flexibility index (Phi) is 3.39. The van der Waals surface area contributed by atoms with Gasteiger partial charge in [-0.25, -0.2) is 4.98 Å². The molecule has 0 bridgehead atoms. The molecule has 0 saturated carbocycles. The molecule has 5 nitrogen and oxygen atoms in total. The Bertz CT molecular complexity index is 793. The molecule has 0 aliphatic carbocycles. The summed E-state index contributed by atoms with van der Waals surface area (Å²) >= 11 is 0. The molecule has 0 aliphatic heterocycles. The third-order valence-corrected chi connectivity index (χ3v) is 3.52. The number of pyridine rings is 1. The van der Waals surface area contributed by atoms with E-state index in [0.29, 0.717) is 12.1 Å². The van der Waals surface area contributed by atoms with Crippen LogP contribution in [-0.4, -0.2) is 20.4 Å². The molecule has 0 aliphatic rings. The summed E-state index contributed by atoms with van der Waals surface area (Å²) in [7, 11) is 1.96. The first-order valence-corrected chi connectivity index (χ1v) is 6.76. The molecule has 0 saturated heterocycles. The Morgan fingerprint density at radius 1 is 1.29 bits per heavy atom. The van der Waals surface area contributed by atoms with Gasteiger partial charge in [-0.2, -0.15) is 0 Å². The highest BCUT2D eigenvalue weighted by Gasteiger charge is 2.09. The molecular formula is C16H16N4O. The number of rotatable bonds is 3. The Labute approximate surface area is 122 Å². The van der Waals surface area contributed by atoms with Crippen molar-refractivity contribution in [3.63, 3.8) is 0 Å².